The Labute approximate surface area is 146 Å². The van der Waals surface area contributed by atoms with E-state index in [1.807, 2.05) is 35.6 Å². The number of carbonyl (C=O) groups excluding carboxylic acids is 1. The molecule has 1 aliphatic rings. The van der Waals surface area contributed by atoms with Crippen LogP contribution in [0.1, 0.15) is 18.0 Å². The number of rotatable bonds is 5. The number of sulfone groups is 1. The minimum atomic E-state index is -3.02. The molecule has 1 amide bonds. The third kappa shape index (κ3) is 4.64. The fourth-order valence-corrected chi connectivity index (χ4v) is 4.77. The maximum atomic E-state index is 13.0. The summed E-state index contributed by atoms with van der Waals surface area (Å²) >= 11 is 0. The van der Waals surface area contributed by atoms with E-state index < -0.39 is 15.9 Å². The zero-order chi connectivity index (χ0) is 17.9. The normalized spacial score (nSPS) is 20.1. The smallest absolute Gasteiger partial charge is 0.287 e. The largest absolute Gasteiger partial charge is 0.329 e. The van der Waals surface area contributed by atoms with Crippen LogP contribution < -0.4 is 10.6 Å². The average Bonchev–Trinajstić information content (AvgIpc) is 2.94. The number of quaternary nitrogens is 1. The van der Waals surface area contributed by atoms with Gasteiger partial charge >= 0.3 is 0 Å². The lowest BCUT2D eigenvalue weighted by Gasteiger charge is -2.19. The van der Waals surface area contributed by atoms with Gasteiger partial charge in [-0.1, -0.05) is 30.3 Å². The summed E-state index contributed by atoms with van der Waals surface area (Å²) in [6.45, 7) is 0. The van der Waals surface area contributed by atoms with Crippen LogP contribution in [0.25, 0.3) is 0 Å². The summed E-state index contributed by atoms with van der Waals surface area (Å²) in [6, 6.07) is 14.1. The second-order valence-corrected chi connectivity index (χ2v) is 8.47. The first-order valence-electron chi connectivity index (χ1n) is 8.10. The van der Waals surface area contributed by atoms with E-state index in [9.17, 15) is 17.6 Å². The molecule has 5 nitrogen and oxygen atoms in total. The number of nitrogens with two attached hydrogens (primary N) is 1. The fourth-order valence-electron chi connectivity index (χ4n) is 3.01. The van der Waals surface area contributed by atoms with Gasteiger partial charge in [-0.2, -0.15) is 0 Å². The first-order chi connectivity index (χ1) is 11.9. The zero-order valence-corrected chi connectivity index (χ0v) is 14.4. The van der Waals surface area contributed by atoms with Crippen LogP contribution in [0.5, 0.6) is 0 Å². The Balaban J connectivity index is 1.78. The Morgan fingerprint density at radius 2 is 1.80 bits per heavy atom. The van der Waals surface area contributed by atoms with Gasteiger partial charge in [-0.25, -0.2) is 12.8 Å². The van der Waals surface area contributed by atoms with Gasteiger partial charge in [0.2, 0.25) is 0 Å². The van der Waals surface area contributed by atoms with E-state index >= 15 is 0 Å². The van der Waals surface area contributed by atoms with Crippen LogP contribution >= 0.6 is 0 Å². The molecule has 1 saturated heterocycles. The summed E-state index contributed by atoms with van der Waals surface area (Å²) in [4.78, 5) is 12.8. The van der Waals surface area contributed by atoms with Crippen molar-refractivity contribution in [1.82, 2.24) is 0 Å². The van der Waals surface area contributed by atoms with Crippen molar-refractivity contribution in [3.8, 4) is 0 Å². The number of hydrogen-bond acceptors (Lipinski definition) is 3. The van der Waals surface area contributed by atoms with Crippen molar-refractivity contribution in [2.24, 2.45) is 0 Å². The number of amides is 1. The van der Waals surface area contributed by atoms with Crippen LogP contribution in [0, 0.1) is 5.82 Å². The van der Waals surface area contributed by atoms with Gasteiger partial charge in [-0.3, -0.25) is 4.79 Å². The molecule has 132 valence electrons. The molecule has 0 radical (unpaired) electrons. The molecule has 3 N–H and O–H groups in total. The van der Waals surface area contributed by atoms with Gasteiger partial charge in [0.15, 0.2) is 15.9 Å². The summed E-state index contributed by atoms with van der Waals surface area (Å²) in [5.41, 5.74) is 1.30. The van der Waals surface area contributed by atoms with Crippen molar-refractivity contribution < 1.29 is 22.9 Å². The van der Waals surface area contributed by atoms with Crippen LogP contribution in [-0.2, 0) is 14.6 Å². The highest BCUT2D eigenvalue weighted by Gasteiger charge is 2.35. The van der Waals surface area contributed by atoms with E-state index in [0.717, 1.165) is 5.56 Å². The molecular weight excluding hydrogens is 343 g/mol. The third-order valence-electron chi connectivity index (χ3n) is 4.29. The highest BCUT2D eigenvalue weighted by molar-refractivity contribution is 7.91. The van der Waals surface area contributed by atoms with Crippen LogP contribution in [-0.4, -0.2) is 31.9 Å². The number of hydrogen-bond donors (Lipinski definition) is 2. The molecule has 2 aromatic rings. The standard InChI is InChI=1S/C18H19FN2O3S/c19-14-6-8-15(9-7-14)21-18(22)17(13-4-2-1-3-5-13)20-16-10-11-25(23,24)12-16/h1-9,16-17,20H,10-12H2,(H,21,22)/p+1/t16-,17+/m1/s1. The number of anilines is 1. The van der Waals surface area contributed by atoms with Crippen molar-refractivity contribution >= 4 is 21.4 Å². The molecule has 0 unspecified atom stereocenters. The van der Waals surface area contributed by atoms with Gasteiger partial charge < -0.3 is 10.6 Å². The average molecular weight is 363 g/mol. The molecule has 0 spiro atoms. The molecule has 7 heteroatoms. The van der Waals surface area contributed by atoms with E-state index in [-0.39, 0.29) is 29.3 Å². The molecule has 0 bridgehead atoms. The Bertz CT molecular complexity index is 838. The predicted octanol–water partition coefficient (Wildman–Crippen LogP) is 1.26. The van der Waals surface area contributed by atoms with Gasteiger partial charge in [-0.15, -0.1) is 0 Å². The first kappa shape index (κ1) is 17.6. The lowest BCUT2D eigenvalue weighted by atomic mass is 10.0. The van der Waals surface area contributed by atoms with Crippen LogP contribution in [0.4, 0.5) is 10.1 Å². The van der Waals surface area contributed by atoms with Gasteiger partial charge in [0.1, 0.15) is 17.6 Å². The molecule has 25 heavy (non-hydrogen) atoms. The number of nitrogens with one attached hydrogen (secondary N) is 1. The van der Waals surface area contributed by atoms with Crippen LogP contribution in [0.2, 0.25) is 0 Å². The number of carbonyl (C=O) groups is 1. The van der Waals surface area contributed by atoms with Gasteiger partial charge in [-0.05, 0) is 24.3 Å². The van der Waals surface area contributed by atoms with Crippen LogP contribution in [0.15, 0.2) is 54.6 Å². The molecule has 1 fully saturated rings. The highest BCUT2D eigenvalue weighted by Crippen LogP contribution is 2.16. The predicted molar refractivity (Wildman–Crippen MR) is 93.2 cm³/mol. The first-order valence-corrected chi connectivity index (χ1v) is 9.92. The number of benzene rings is 2. The molecule has 1 heterocycles. The number of halogens is 1. The van der Waals surface area contributed by atoms with E-state index in [0.29, 0.717) is 12.1 Å². The molecule has 2 aromatic carbocycles. The van der Waals surface area contributed by atoms with Gasteiger partial charge in [0.25, 0.3) is 5.91 Å². The summed E-state index contributed by atoms with van der Waals surface area (Å²) in [5, 5.41) is 4.59. The topological polar surface area (TPSA) is 79.8 Å². The van der Waals surface area contributed by atoms with Crippen molar-refractivity contribution in [3.63, 3.8) is 0 Å². The van der Waals surface area contributed by atoms with Crippen molar-refractivity contribution in [3.05, 3.63) is 66.0 Å². The van der Waals surface area contributed by atoms with Crippen molar-refractivity contribution in [2.75, 3.05) is 16.8 Å². The van der Waals surface area contributed by atoms with Crippen molar-refractivity contribution in [2.45, 2.75) is 18.5 Å². The second kappa shape index (κ2) is 7.33. The third-order valence-corrected chi connectivity index (χ3v) is 6.08. The summed E-state index contributed by atoms with van der Waals surface area (Å²) in [5.74, 6) is -0.391. The summed E-state index contributed by atoms with van der Waals surface area (Å²) < 4.78 is 36.4. The Morgan fingerprint density at radius 3 is 2.40 bits per heavy atom. The molecule has 3 rings (SSSR count). The lowest BCUT2D eigenvalue weighted by Crippen LogP contribution is -2.93. The Morgan fingerprint density at radius 1 is 1.12 bits per heavy atom. The van der Waals surface area contributed by atoms with Crippen LogP contribution in [0.3, 0.4) is 0 Å². The Hall–Kier alpha value is -2.25. The molecule has 0 saturated carbocycles. The maximum absolute atomic E-state index is 13.0. The zero-order valence-electron chi connectivity index (χ0n) is 13.6. The van der Waals surface area contributed by atoms with E-state index in [1.165, 1.54) is 24.3 Å². The quantitative estimate of drug-likeness (QED) is 0.839. The summed E-state index contributed by atoms with van der Waals surface area (Å²) in [6.07, 6.45) is 0.537. The highest BCUT2D eigenvalue weighted by atomic mass is 32.2. The maximum Gasteiger partial charge on any atom is 0.287 e. The fraction of sp³-hybridized carbons (Fsp3) is 0.278. The Kier molecular flexibility index (Phi) is 5.15. The minimum Gasteiger partial charge on any atom is -0.329 e. The molecular formula is C18H20FN2O3S+. The van der Waals surface area contributed by atoms with Gasteiger partial charge in [0, 0.05) is 17.7 Å². The van der Waals surface area contributed by atoms with E-state index in [1.54, 1.807) is 0 Å². The monoisotopic (exact) mass is 363 g/mol. The van der Waals surface area contributed by atoms with Crippen molar-refractivity contribution in [1.29, 1.82) is 0 Å². The van der Waals surface area contributed by atoms with E-state index in [2.05, 4.69) is 5.32 Å². The molecule has 0 aliphatic carbocycles. The summed E-state index contributed by atoms with van der Waals surface area (Å²) in [7, 11) is -3.02. The molecule has 1 aliphatic heterocycles. The minimum absolute atomic E-state index is 0.0835. The molecule has 0 aromatic heterocycles. The lowest BCUT2D eigenvalue weighted by molar-refractivity contribution is -0.710. The van der Waals surface area contributed by atoms with E-state index in [4.69, 9.17) is 0 Å². The molecule has 2 atom stereocenters. The van der Waals surface area contributed by atoms with Gasteiger partial charge in [0.05, 0.1) is 5.75 Å². The SMILES string of the molecule is O=C(Nc1ccc(F)cc1)[C@@H]([NH2+][C@@H]1CCS(=O)(=O)C1)c1ccccc1. The second-order valence-electron chi connectivity index (χ2n) is 6.24.